The van der Waals surface area contributed by atoms with Gasteiger partial charge in [0, 0.05) is 16.6 Å². The van der Waals surface area contributed by atoms with Gasteiger partial charge in [-0.1, -0.05) is 66.7 Å². The molecule has 0 aliphatic carbocycles. The van der Waals surface area contributed by atoms with E-state index in [-0.39, 0.29) is 22.3 Å². The normalized spacial score (nSPS) is 13.0. The molecule has 1 amide bonds. The first-order valence-corrected chi connectivity index (χ1v) is 12.1. The van der Waals surface area contributed by atoms with Crippen LogP contribution < -0.4 is 15.6 Å². The highest BCUT2D eigenvalue weighted by atomic mass is 16.5. The Bertz CT molecular complexity index is 1230. The molecule has 2 aromatic carbocycles. The number of fused-ring (bicyclic) bond motifs is 1. The maximum Gasteiger partial charge on any atom is 0.272 e. The summed E-state index contributed by atoms with van der Waals surface area (Å²) in [7, 11) is 0. The first kappa shape index (κ1) is 25.5. The molecule has 0 aliphatic rings. The van der Waals surface area contributed by atoms with Crippen molar-refractivity contribution in [3.05, 3.63) is 64.1 Å². The zero-order valence-corrected chi connectivity index (χ0v) is 21.4. The van der Waals surface area contributed by atoms with Gasteiger partial charge in [-0.15, -0.1) is 0 Å². The lowest BCUT2D eigenvalue weighted by atomic mass is 9.76. The highest BCUT2D eigenvalue weighted by Gasteiger charge is 2.29. The summed E-state index contributed by atoms with van der Waals surface area (Å²) in [6, 6.07) is 11.6. The number of nitrogens with one attached hydrogen (secondary N) is 2. The van der Waals surface area contributed by atoms with Crippen LogP contribution in [-0.4, -0.2) is 22.2 Å². The average molecular weight is 464 g/mol. The van der Waals surface area contributed by atoms with Crippen LogP contribution in [0.2, 0.25) is 0 Å². The van der Waals surface area contributed by atoms with Crippen molar-refractivity contribution < 1.29 is 9.53 Å². The van der Waals surface area contributed by atoms with E-state index in [0.29, 0.717) is 22.9 Å². The molecule has 1 aromatic heterocycles. The van der Waals surface area contributed by atoms with E-state index < -0.39 is 6.10 Å². The lowest BCUT2D eigenvalue weighted by molar-refractivity contribution is -0.122. The Balaban J connectivity index is 1.90. The molecule has 0 spiro atoms. The predicted molar refractivity (Wildman–Crippen MR) is 139 cm³/mol. The zero-order chi connectivity index (χ0) is 25.1. The Morgan fingerprint density at radius 3 is 2.38 bits per heavy atom. The Morgan fingerprint density at radius 2 is 1.74 bits per heavy atom. The number of ether oxygens (including phenoxy) is 1. The molecule has 3 aromatic rings. The van der Waals surface area contributed by atoms with Crippen molar-refractivity contribution in [2.75, 3.05) is 5.32 Å². The first-order chi connectivity index (χ1) is 16.0. The number of rotatable bonds is 9. The molecule has 2 N–H and O–H groups in total. The van der Waals surface area contributed by atoms with Gasteiger partial charge in [-0.3, -0.25) is 9.59 Å². The van der Waals surface area contributed by atoms with Crippen LogP contribution in [0.15, 0.2) is 47.4 Å². The smallest absolute Gasteiger partial charge is 0.272 e. The molecule has 34 heavy (non-hydrogen) atoms. The second-order valence-corrected chi connectivity index (χ2v) is 10.2. The van der Waals surface area contributed by atoms with Gasteiger partial charge in [0.1, 0.15) is 5.75 Å². The number of anilines is 1. The summed E-state index contributed by atoms with van der Waals surface area (Å²) >= 11 is 0. The van der Waals surface area contributed by atoms with E-state index in [1.165, 1.54) is 5.56 Å². The SMILES string of the molecule is CCC(Oc1ccc(C(C)(C)CC)cc1C(C)(C)CC)C(=O)Nc1ccc2cn[nH]c(=O)c2c1. The number of amides is 1. The van der Waals surface area contributed by atoms with Crippen LogP contribution in [0.3, 0.4) is 0 Å². The summed E-state index contributed by atoms with van der Waals surface area (Å²) in [5, 5.41) is 10.3. The van der Waals surface area contributed by atoms with Gasteiger partial charge in [-0.2, -0.15) is 5.10 Å². The van der Waals surface area contributed by atoms with Crippen molar-refractivity contribution in [1.29, 1.82) is 0 Å². The quantitative estimate of drug-likeness (QED) is 0.402. The average Bonchev–Trinajstić information content (AvgIpc) is 2.82. The molecule has 182 valence electrons. The van der Waals surface area contributed by atoms with Crippen LogP contribution >= 0.6 is 0 Å². The lowest BCUT2D eigenvalue weighted by Crippen LogP contribution is -2.33. The fourth-order valence-electron chi connectivity index (χ4n) is 3.84. The summed E-state index contributed by atoms with van der Waals surface area (Å²) in [4.78, 5) is 25.2. The van der Waals surface area contributed by atoms with Gasteiger partial charge in [0.25, 0.3) is 11.5 Å². The Labute approximate surface area is 202 Å². The van der Waals surface area contributed by atoms with Crippen LogP contribution in [0, 0.1) is 0 Å². The minimum absolute atomic E-state index is 0.0576. The van der Waals surface area contributed by atoms with Crippen molar-refractivity contribution in [3.8, 4) is 5.75 Å². The highest BCUT2D eigenvalue weighted by Crippen LogP contribution is 2.39. The standard InChI is InChI=1S/C28H37N3O3/c1-8-23(26(33)30-20-13-11-18-17-29-31-25(32)21(18)16-20)34-24-14-12-19(27(4,5)9-2)15-22(24)28(6,7)10-3/h11-17,23H,8-10H2,1-7H3,(H,30,33)(H,31,32). The monoisotopic (exact) mass is 463 g/mol. The number of carbonyl (C=O) groups excluding carboxylic acids is 1. The number of hydrogen-bond acceptors (Lipinski definition) is 4. The summed E-state index contributed by atoms with van der Waals surface area (Å²) in [6.07, 6.45) is 3.41. The van der Waals surface area contributed by atoms with E-state index in [2.05, 4.69) is 69.2 Å². The van der Waals surface area contributed by atoms with Crippen molar-refractivity contribution in [1.82, 2.24) is 10.2 Å². The molecule has 0 bridgehead atoms. The van der Waals surface area contributed by atoms with Crippen molar-refractivity contribution in [2.24, 2.45) is 0 Å². The number of aromatic amines is 1. The predicted octanol–water partition coefficient (Wildman–Crippen LogP) is 6.09. The number of H-pyrrole nitrogens is 1. The van der Waals surface area contributed by atoms with E-state index in [0.717, 1.165) is 24.2 Å². The molecule has 0 aliphatic heterocycles. The molecule has 0 saturated heterocycles. The second-order valence-electron chi connectivity index (χ2n) is 10.2. The maximum absolute atomic E-state index is 13.1. The van der Waals surface area contributed by atoms with Gasteiger partial charge < -0.3 is 10.1 Å². The third kappa shape index (κ3) is 5.32. The molecule has 1 unspecified atom stereocenters. The maximum atomic E-state index is 13.1. The molecule has 0 radical (unpaired) electrons. The van der Waals surface area contributed by atoms with Gasteiger partial charge in [-0.25, -0.2) is 5.10 Å². The molecule has 6 heteroatoms. The minimum atomic E-state index is -0.664. The number of hydrogen-bond donors (Lipinski definition) is 2. The molecule has 3 rings (SSSR count). The largest absolute Gasteiger partial charge is 0.480 e. The van der Waals surface area contributed by atoms with E-state index in [4.69, 9.17) is 4.74 Å². The van der Waals surface area contributed by atoms with Gasteiger partial charge in [0.05, 0.1) is 11.6 Å². The Morgan fingerprint density at radius 1 is 1.03 bits per heavy atom. The van der Waals surface area contributed by atoms with Crippen molar-refractivity contribution in [3.63, 3.8) is 0 Å². The molecule has 6 nitrogen and oxygen atoms in total. The minimum Gasteiger partial charge on any atom is -0.480 e. The molecular weight excluding hydrogens is 426 g/mol. The Hall–Kier alpha value is -3.15. The summed E-state index contributed by atoms with van der Waals surface area (Å²) in [5.74, 6) is 0.496. The lowest BCUT2D eigenvalue weighted by Gasteiger charge is -2.31. The molecule has 1 heterocycles. The third-order valence-corrected chi connectivity index (χ3v) is 7.13. The number of carbonyl (C=O) groups is 1. The van der Waals surface area contributed by atoms with Gasteiger partial charge in [-0.05, 0) is 53.9 Å². The number of nitrogens with zero attached hydrogens (tertiary/aromatic N) is 1. The molecule has 0 saturated carbocycles. The number of benzene rings is 2. The number of aromatic nitrogens is 2. The van der Waals surface area contributed by atoms with Crippen molar-refractivity contribution in [2.45, 2.75) is 84.7 Å². The fourth-order valence-corrected chi connectivity index (χ4v) is 3.84. The van der Waals surface area contributed by atoms with E-state index in [1.807, 2.05) is 13.0 Å². The van der Waals surface area contributed by atoms with Crippen molar-refractivity contribution >= 4 is 22.4 Å². The zero-order valence-electron chi connectivity index (χ0n) is 21.4. The fraction of sp³-hybridized carbons (Fsp3) is 0.464. The van der Waals surface area contributed by atoms with Gasteiger partial charge in [0.2, 0.25) is 0 Å². The van der Waals surface area contributed by atoms with Crippen LogP contribution in [0.25, 0.3) is 10.8 Å². The van der Waals surface area contributed by atoms with Crippen LogP contribution in [0.5, 0.6) is 5.75 Å². The molecule has 1 atom stereocenters. The molecular formula is C28H37N3O3. The van der Waals surface area contributed by atoms with E-state index in [9.17, 15) is 9.59 Å². The van der Waals surface area contributed by atoms with Crippen LogP contribution in [0.4, 0.5) is 5.69 Å². The highest BCUT2D eigenvalue weighted by molar-refractivity contribution is 5.96. The topological polar surface area (TPSA) is 84.1 Å². The third-order valence-electron chi connectivity index (χ3n) is 7.13. The van der Waals surface area contributed by atoms with E-state index >= 15 is 0 Å². The molecule has 0 fully saturated rings. The van der Waals surface area contributed by atoms with E-state index in [1.54, 1.807) is 24.4 Å². The summed E-state index contributed by atoms with van der Waals surface area (Å²) in [6.45, 7) is 15.2. The van der Waals surface area contributed by atoms with Crippen LogP contribution in [-0.2, 0) is 15.6 Å². The van der Waals surface area contributed by atoms with Gasteiger partial charge >= 0.3 is 0 Å². The Kier molecular flexibility index (Phi) is 7.49. The first-order valence-electron chi connectivity index (χ1n) is 12.1. The van der Waals surface area contributed by atoms with Crippen LogP contribution in [0.1, 0.15) is 78.9 Å². The van der Waals surface area contributed by atoms with Gasteiger partial charge in [0.15, 0.2) is 6.10 Å². The second kappa shape index (κ2) is 10.00. The summed E-state index contributed by atoms with van der Waals surface area (Å²) < 4.78 is 6.34. The summed E-state index contributed by atoms with van der Waals surface area (Å²) in [5.41, 5.74) is 2.60.